The van der Waals surface area contributed by atoms with Crippen molar-refractivity contribution >= 4 is 30.0 Å². The molecule has 3 aromatic rings. The van der Waals surface area contributed by atoms with Gasteiger partial charge in [-0.25, -0.2) is 0 Å². The number of Topliss-reactive ketones (excluding diaryl/α,β-unsaturated/α-hetero) is 2. The Morgan fingerprint density at radius 2 is 1.33 bits per heavy atom. The highest BCUT2D eigenvalue weighted by atomic mass is 16.1. The molecule has 0 heterocycles. The Morgan fingerprint density at radius 1 is 0.733 bits per heavy atom. The van der Waals surface area contributed by atoms with E-state index < -0.39 is 0 Å². The van der Waals surface area contributed by atoms with Crippen molar-refractivity contribution in [2.45, 2.75) is 87.0 Å². The molecule has 3 heteroatoms. The lowest BCUT2D eigenvalue weighted by Gasteiger charge is -2.00. The minimum absolute atomic E-state index is 0. The molecule has 45 heavy (non-hydrogen) atoms. The average molecular weight is 603 g/mol. The van der Waals surface area contributed by atoms with Crippen molar-refractivity contribution in [2.75, 3.05) is 0 Å². The van der Waals surface area contributed by atoms with Crippen LogP contribution in [-0.4, -0.2) is 17.9 Å². The first-order chi connectivity index (χ1) is 21.2. The predicted molar refractivity (Wildman–Crippen MR) is 192 cm³/mol. The second-order valence-electron chi connectivity index (χ2n) is 11.7. The molecule has 4 aliphatic rings. The Kier molecular flexibility index (Phi) is 15.6. The van der Waals surface area contributed by atoms with Gasteiger partial charge in [0.15, 0.2) is 0 Å². The van der Waals surface area contributed by atoms with Gasteiger partial charge in [0.2, 0.25) is 0 Å². The lowest BCUT2D eigenvalue weighted by molar-refractivity contribution is -0.119. The Morgan fingerprint density at radius 3 is 1.84 bits per heavy atom. The molecule has 0 saturated heterocycles. The molecule has 0 saturated carbocycles. The van der Waals surface area contributed by atoms with E-state index in [2.05, 4.69) is 113 Å². The van der Waals surface area contributed by atoms with Crippen molar-refractivity contribution in [1.82, 2.24) is 0 Å². The van der Waals surface area contributed by atoms with E-state index in [1.165, 1.54) is 62.6 Å². The number of rotatable bonds is 3. The smallest absolute Gasteiger partial charge is 0.141 e. The molecule has 7 rings (SSSR count). The number of hydrogen-bond donors (Lipinski definition) is 0. The summed E-state index contributed by atoms with van der Waals surface area (Å²) in [4.78, 5) is 30.7. The van der Waals surface area contributed by atoms with Gasteiger partial charge in [-0.05, 0) is 104 Å². The second-order valence-corrected chi connectivity index (χ2v) is 11.7. The number of benzene rings is 3. The van der Waals surface area contributed by atoms with Crippen molar-refractivity contribution in [3.05, 3.63) is 141 Å². The number of aryl methyl sites for hydroxylation is 3. The van der Waals surface area contributed by atoms with Gasteiger partial charge in [-0.2, -0.15) is 0 Å². The number of aldehydes is 1. The highest BCUT2D eigenvalue weighted by Crippen LogP contribution is 2.27. The molecule has 0 fully saturated rings. The van der Waals surface area contributed by atoms with Crippen molar-refractivity contribution < 1.29 is 14.4 Å². The summed E-state index contributed by atoms with van der Waals surface area (Å²) >= 11 is 0. The summed E-state index contributed by atoms with van der Waals surface area (Å²) in [6.07, 6.45) is 21.3. The lowest BCUT2D eigenvalue weighted by Crippen LogP contribution is -1.93. The normalized spacial score (nSPS) is 13.5. The molecule has 0 N–H and O–H groups in total. The van der Waals surface area contributed by atoms with Crippen LogP contribution in [0.15, 0.2) is 90.6 Å². The molecule has 236 valence electrons. The zero-order chi connectivity index (χ0) is 31.9. The summed E-state index contributed by atoms with van der Waals surface area (Å²) in [5.41, 5.74) is 13.9. The fourth-order valence-corrected chi connectivity index (χ4v) is 5.47. The quantitative estimate of drug-likeness (QED) is 0.280. The fraction of sp³-hybridized carbons (Fsp3) is 0.310. The van der Waals surface area contributed by atoms with Crippen LogP contribution in [0.3, 0.4) is 0 Å². The largest absolute Gasteiger partial charge is 0.303 e. The van der Waals surface area contributed by atoms with Gasteiger partial charge in [-0.1, -0.05) is 110 Å². The van der Waals surface area contributed by atoms with E-state index >= 15 is 0 Å². The third kappa shape index (κ3) is 11.9. The molecule has 0 aliphatic heterocycles. The van der Waals surface area contributed by atoms with Gasteiger partial charge >= 0.3 is 0 Å². The Labute approximate surface area is 271 Å². The minimum Gasteiger partial charge on any atom is -0.303 e. The molecule has 0 amide bonds. The van der Waals surface area contributed by atoms with E-state index in [0.29, 0.717) is 31.5 Å². The minimum atomic E-state index is 0. The van der Waals surface area contributed by atoms with Gasteiger partial charge in [0.1, 0.15) is 17.9 Å². The van der Waals surface area contributed by atoms with Gasteiger partial charge in [-0.3, -0.25) is 4.79 Å². The molecule has 0 atom stereocenters. The summed E-state index contributed by atoms with van der Waals surface area (Å²) in [5.74, 6) is 0.432. The molecule has 0 spiro atoms. The van der Waals surface area contributed by atoms with Crippen LogP contribution in [0.1, 0.15) is 90.6 Å². The van der Waals surface area contributed by atoms with Crippen molar-refractivity contribution in [3.8, 4) is 0 Å². The molecular weight excluding hydrogens is 552 g/mol. The van der Waals surface area contributed by atoms with E-state index in [1.54, 1.807) is 0 Å². The van der Waals surface area contributed by atoms with Gasteiger partial charge in [0, 0.05) is 25.7 Å². The van der Waals surface area contributed by atoms with Gasteiger partial charge in [0.25, 0.3) is 0 Å². The van der Waals surface area contributed by atoms with Crippen LogP contribution >= 0.6 is 0 Å². The Balaban J connectivity index is 0.000000200. The van der Waals surface area contributed by atoms with E-state index in [-0.39, 0.29) is 13.2 Å². The standard InChI is InChI=1S/C11H12.C10H10O.C10H10.C5H8O2.C5H6.CH4/c1-8-6-10-5-3-4-9(2)11(10)7-8;1-7-3-2-4-8-5-9(11)6-10(7)8;1-8-4-2-5-9-6-3-7-10(8)9;1-5(7)3-2-4-6;1-2-4-5-3-1;/h3-5,7H,6H2,1-2H3;2-4H,5-6H2,1H3;2-5,7H,6H2,1H3;4H,2-3H2,1H3;1-4H,5H2;1H4. The van der Waals surface area contributed by atoms with Crippen molar-refractivity contribution in [1.29, 1.82) is 0 Å². The summed E-state index contributed by atoms with van der Waals surface area (Å²) in [5, 5.41) is 0. The first kappa shape index (κ1) is 36.8. The maximum absolute atomic E-state index is 11.1. The fourth-order valence-electron chi connectivity index (χ4n) is 5.47. The van der Waals surface area contributed by atoms with Crippen LogP contribution < -0.4 is 0 Å². The highest BCUT2D eigenvalue weighted by Gasteiger charge is 2.18. The number of fused-ring (bicyclic) bond motifs is 3. The molecule has 4 aliphatic carbocycles. The summed E-state index contributed by atoms with van der Waals surface area (Å²) in [7, 11) is 0. The van der Waals surface area contributed by atoms with Gasteiger partial charge in [-0.15, -0.1) is 0 Å². The predicted octanol–water partition coefficient (Wildman–Crippen LogP) is 9.87. The SMILES string of the molecule is C.C1=CCC=C1.CC(=O)CCC=O.CC1=Cc2c(C)cccc2C1.Cc1cccc2c1C=CC2.Cc1cccc2c1CC(=O)C2. The third-order valence-electron chi connectivity index (χ3n) is 7.85. The Bertz CT molecular complexity index is 1570. The van der Waals surface area contributed by atoms with Crippen LogP contribution in [0.4, 0.5) is 0 Å². The maximum Gasteiger partial charge on any atom is 0.141 e. The molecule has 3 aromatic carbocycles. The third-order valence-corrected chi connectivity index (χ3v) is 7.85. The lowest BCUT2D eigenvalue weighted by atomic mass is 10.1. The average Bonchev–Trinajstić information content (AvgIpc) is 3.81. The second kappa shape index (κ2) is 19.1. The first-order valence-corrected chi connectivity index (χ1v) is 15.5. The van der Waals surface area contributed by atoms with E-state index in [0.717, 1.165) is 25.5 Å². The summed E-state index contributed by atoms with van der Waals surface area (Å²) in [6, 6.07) is 19.2. The number of ketones is 2. The summed E-state index contributed by atoms with van der Waals surface area (Å²) < 4.78 is 0. The molecule has 3 nitrogen and oxygen atoms in total. The van der Waals surface area contributed by atoms with E-state index in [4.69, 9.17) is 0 Å². The number of allylic oxidation sites excluding steroid dienone is 6. The summed E-state index contributed by atoms with van der Waals surface area (Å²) in [6.45, 7) is 10.1. The first-order valence-electron chi connectivity index (χ1n) is 15.5. The van der Waals surface area contributed by atoms with Crippen LogP contribution in [0.25, 0.3) is 12.2 Å². The van der Waals surface area contributed by atoms with Gasteiger partial charge < -0.3 is 9.59 Å². The Hall–Kier alpha value is -4.37. The molecule has 0 bridgehead atoms. The van der Waals surface area contributed by atoms with E-state index in [9.17, 15) is 14.4 Å². The zero-order valence-corrected chi connectivity index (χ0v) is 27.0. The topological polar surface area (TPSA) is 51.2 Å². The van der Waals surface area contributed by atoms with Crippen LogP contribution in [0, 0.1) is 20.8 Å². The van der Waals surface area contributed by atoms with Crippen LogP contribution in [0.2, 0.25) is 0 Å². The molecule has 0 unspecified atom stereocenters. The van der Waals surface area contributed by atoms with Crippen LogP contribution in [0.5, 0.6) is 0 Å². The molecule has 0 radical (unpaired) electrons. The van der Waals surface area contributed by atoms with E-state index in [1.807, 2.05) is 12.1 Å². The molecule has 0 aromatic heterocycles. The number of hydrogen-bond acceptors (Lipinski definition) is 3. The van der Waals surface area contributed by atoms with Crippen LogP contribution in [-0.2, 0) is 40.1 Å². The number of carbonyl (C=O) groups is 3. The maximum atomic E-state index is 11.1. The monoisotopic (exact) mass is 602 g/mol. The number of carbonyl (C=O) groups excluding carboxylic acids is 3. The van der Waals surface area contributed by atoms with Crippen molar-refractivity contribution in [3.63, 3.8) is 0 Å². The van der Waals surface area contributed by atoms with Crippen molar-refractivity contribution in [2.24, 2.45) is 0 Å². The highest BCUT2D eigenvalue weighted by molar-refractivity contribution is 5.88. The molecular formula is C42H50O3. The zero-order valence-electron chi connectivity index (χ0n) is 27.0. The van der Waals surface area contributed by atoms with Gasteiger partial charge in [0.05, 0.1) is 0 Å².